The Morgan fingerprint density at radius 2 is 1.62 bits per heavy atom. The van der Waals surface area contributed by atoms with E-state index in [1.165, 1.54) is 6.42 Å². The van der Waals surface area contributed by atoms with Crippen LogP contribution in [0.4, 0.5) is 4.79 Å². The molecule has 0 bridgehead atoms. The van der Waals surface area contributed by atoms with Crippen molar-refractivity contribution in [2.24, 2.45) is 17.8 Å². The minimum Gasteiger partial charge on any atom is -0.481 e. The van der Waals surface area contributed by atoms with E-state index >= 15 is 0 Å². The van der Waals surface area contributed by atoms with Gasteiger partial charge in [0.15, 0.2) is 0 Å². The van der Waals surface area contributed by atoms with E-state index in [9.17, 15) is 9.59 Å². The van der Waals surface area contributed by atoms with Gasteiger partial charge in [-0.1, -0.05) is 13.8 Å². The number of hydrogen-bond donors (Lipinski definition) is 1. The minimum absolute atomic E-state index is 0.185. The molecule has 2 saturated heterocycles. The van der Waals surface area contributed by atoms with Crippen molar-refractivity contribution in [3.8, 4) is 0 Å². The van der Waals surface area contributed by atoms with Crippen LogP contribution in [0, 0.1) is 17.8 Å². The van der Waals surface area contributed by atoms with Crippen LogP contribution in [0.15, 0.2) is 0 Å². The summed E-state index contributed by atoms with van der Waals surface area (Å²) in [6.07, 6.45) is 4.09. The van der Waals surface area contributed by atoms with Crippen LogP contribution in [0.1, 0.15) is 46.0 Å². The summed E-state index contributed by atoms with van der Waals surface area (Å²) in [5.41, 5.74) is 0. The topological polar surface area (TPSA) is 60.9 Å². The first-order valence-electron chi connectivity index (χ1n) is 8.21. The van der Waals surface area contributed by atoms with Crippen molar-refractivity contribution in [3.05, 3.63) is 0 Å². The highest BCUT2D eigenvalue weighted by Crippen LogP contribution is 2.25. The molecule has 2 amide bonds. The van der Waals surface area contributed by atoms with Gasteiger partial charge in [0.05, 0.1) is 0 Å². The van der Waals surface area contributed by atoms with Crippen LogP contribution < -0.4 is 0 Å². The Bertz CT molecular complexity index is 368. The molecule has 0 aromatic rings. The standard InChI is InChI=1S/C16H28N2O3/c1-12-9-13(2)11-18(10-12)16(21)17-7-5-14(6-8-17)3-4-15(19)20/h12-14H,3-11H2,1-2H3,(H,19,20). The molecule has 2 atom stereocenters. The number of nitrogens with zero attached hydrogens (tertiary/aromatic N) is 2. The van der Waals surface area contributed by atoms with Gasteiger partial charge in [0, 0.05) is 32.6 Å². The fourth-order valence-corrected chi connectivity index (χ4v) is 3.76. The summed E-state index contributed by atoms with van der Waals surface area (Å²) in [5, 5.41) is 8.73. The lowest BCUT2D eigenvalue weighted by atomic mass is 9.91. The molecule has 1 N–H and O–H groups in total. The highest BCUT2D eigenvalue weighted by molar-refractivity contribution is 5.74. The van der Waals surface area contributed by atoms with E-state index in [-0.39, 0.29) is 12.5 Å². The third kappa shape index (κ3) is 4.61. The normalized spacial score (nSPS) is 27.7. The first kappa shape index (κ1) is 16.1. The number of carboxylic acid groups (broad SMARTS) is 1. The zero-order valence-electron chi connectivity index (χ0n) is 13.3. The average molecular weight is 296 g/mol. The lowest BCUT2D eigenvalue weighted by molar-refractivity contribution is -0.137. The molecule has 2 aliphatic heterocycles. The summed E-state index contributed by atoms with van der Waals surface area (Å²) in [7, 11) is 0. The lowest BCUT2D eigenvalue weighted by Gasteiger charge is -2.40. The number of hydrogen-bond acceptors (Lipinski definition) is 2. The van der Waals surface area contributed by atoms with E-state index in [1.807, 2.05) is 9.80 Å². The van der Waals surface area contributed by atoms with Crippen LogP contribution in [0.5, 0.6) is 0 Å². The first-order chi connectivity index (χ1) is 9.95. The zero-order chi connectivity index (χ0) is 15.4. The molecule has 2 unspecified atom stereocenters. The molecular weight excluding hydrogens is 268 g/mol. The highest BCUT2D eigenvalue weighted by Gasteiger charge is 2.30. The van der Waals surface area contributed by atoms with Crippen molar-refractivity contribution in [1.82, 2.24) is 9.80 Å². The Morgan fingerprint density at radius 1 is 1.05 bits per heavy atom. The molecular formula is C16H28N2O3. The van der Waals surface area contributed by atoms with Crippen molar-refractivity contribution < 1.29 is 14.7 Å². The zero-order valence-corrected chi connectivity index (χ0v) is 13.3. The van der Waals surface area contributed by atoms with Gasteiger partial charge in [-0.05, 0) is 43.4 Å². The first-order valence-corrected chi connectivity index (χ1v) is 8.21. The second-order valence-electron chi connectivity index (χ2n) is 7.00. The summed E-state index contributed by atoms with van der Waals surface area (Å²) >= 11 is 0. The van der Waals surface area contributed by atoms with Crippen LogP contribution >= 0.6 is 0 Å². The number of carboxylic acids is 1. The van der Waals surface area contributed by atoms with Crippen molar-refractivity contribution >= 4 is 12.0 Å². The third-order valence-electron chi connectivity index (χ3n) is 4.79. The number of carbonyl (C=O) groups excluding carboxylic acids is 1. The van der Waals surface area contributed by atoms with Crippen molar-refractivity contribution in [3.63, 3.8) is 0 Å². The molecule has 5 nitrogen and oxygen atoms in total. The molecule has 0 radical (unpaired) electrons. The molecule has 21 heavy (non-hydrogen) atoms. The minimum atomic E-state index is -0.718. The Morgan fingerprint density at radius 3 is 2.14 bits per heavy atom. The quantitative estimate of drug-likeness (QED) is 0.871. The van der Waals surface area contributed by atoms with Crippen LogP contribution in [0.2, 0.25) is 0 Å². The van der Waals surface area contributed by atoms with E-state index in [2.05, 4.69) is 13.8 Å². The van der Waals surface area contributed by atoms with Gasteiger partial charge < -0.3 is 14.9 Å². The molecule has 0 aliphatic carbocycles. The SMILES string of the molecule is CC1CC(C)CN(C(=O)N2CCC(CCC(=O)O)CC2)C1. The number of aliphatic carboxylic acids is 1. The maximum atomic E-state index is 12.6. The number of piperidine rings is 2. The van der Waals surface area contributed by atoms with E-state index in [1.54, 1.807) is 0 Å². The Kier molecular flexibility index (Phi) is 5.48. The maximum Gasteiger partial charge on any atom is 0.320 e. The highest BCUT2D eigenvalue weighted by atomic mass is 16.4. The Hall–Kier alpha value is -1.26. The molecule has 2 heterocycles. The summed E-state index contributed by atoms with van der Waals surface area (Å²) < 4.78 is 0. The molecule has 0 aromatic heterocycles. The van der Waals surface area contributed by atoms with Gasteiger partial charge in [-0.25, -0.2) is 4.79 Å². The predicted octanol–water partition coefficient (Wildman–Crippen LogP) is 2.66. The largest absolute Gasteiger partial charge is 0.481 e. The molecule has 2 aliphatic rings. The van der Waals surface area contributed by atoms with Gasteiger partial charge in [0.25, 0.3) is 0 Å². The van der Waals surface area contributed by atoms with Crippen molar-refractivity contribution in [2.75, 3.05) is 26.2 Å². The molecule has 2 fully saturated rings. The molecule has 0 aromatic carbocycles. The second kappa shape index (κ2) is 7.14. The van der Waals surface area contributed by atoms with E-state index in [4.69, 9.17) is 5.11 Å². The van der Waals surface area contributed by atoms with E-state index < -0.39 is 5.97 Å². The Labute approximate surface area is 127 Å². The van der Waals surface area contributed by atoms with Gasteiger partial charge in [-0.3, -0.25) is 4.79 Å². The maximum absolute atomic E-state index is 12.6. The van der Waals surface area contributed by atoms with Crippen molar-refractivity contribution in [1.29, 1.82) is 0 Å². The van der Waals surface area contributed by atoms with Crippen LogP contribution in [-0.4, -0.2) is 53.1 Å². The molecule has 0 spiro atoms. The molecule has 2 rings (SSSR count). The number of rotatable bonds is 3. The van der Waals surface area contributed by atoms with Gasteiger partial charge in [0.1, 0.15) is 0 Å². The molecule has 120 valence electrons. The summed E-state index contributed by atoms with van der Waals surface area (Å²) in [4.78, 5) is 27.2. The predicted molar refractivity (Wildman–Crippen MR) is 81.1 cm³/mol. The Balaban J connectivity index is 1.78. The van der Waals surface area contributed by atoms with Gasteiger partial charge >= 0.3 is 12.0 Å². The molecule has 0 saturated carbocycles. The van der Waals surface area contributed by atoms with Crippen LogP contribution in [0.25, 0.3) is 0 Å². The second-order valence-corrected chi connectivity index (χ2v) is 7.00. The van der Waals surface area contributed by atoms with Crippen molar-refractivity contribution in [2.45, 2.75) is 46.0 Å². The lowest BCUT2D eigenvalue weighted by Crippen LogP contribution is -2.51. The number of amides is 2. The average Bonchev–Trinajstić information content (AvgIpc) is 2.44. The smallest absolute Gasteiger partial charge is 0.320 e. The third-order valence-corrected chi connectivity index (χ3v) is 4.79. The summed E-state index contributed by atoms with van der Waals surface area (Å²) in [6.45, 7) is 7.75. The van der Waals surface area contributed by atoms with E-state index in [0.29, 0.717) is 17.8 Å². The summed E-state index contributed by atoms with van der Waals surface area (Å²) in [5.74, 6) is 0.922. The van der Waals surface area contributed by atoms with Gasteiger partial charge in [0.2, 0.25) is 0 Å². The number of carbonyl (C=O) groups is 2. The summed E-state index contributed by atoms with van der Waals surface area (Å²) in [6, 6.07) is 0.185. The fourth-order valence-electron chi connectivity index (χ4n) is 3.76. The number of urea groups is 1. The fraction of sp³-hybridized carbons (Fsp3) is 0.875. The monoisotopic (exact) mass is 296 g/mol. The molecule has 5 heteroatoms. The van der Waals surface area contributed by atoms with E-state index in [0.717, 1.165) is 45.4 Å². The number of likely N-dealkylation sites (tertiary alicyclic amines) is 2. The van der Waals surface area contributed by atoms with Crippen LogP contribution in [0.3, 0.4) is 0 Å². The van der Waals surface area contributed by atoms with Gasteiger partial charge in [-0.2, -0.15) is 0 Å². The van der Waals surface area contributed by atoms with Crippen LogP contribution in [-0.2, 0) is 4.79 Å². The van der Waals surface area contributed by atoms with Gasteiger partial charge in [-0.15, -0.1) is 0 Å².